The second kappa shape index (κ2) is 6.38. The number of nitrogens with zero attached hydrogens (tertiary/aromatic N) is 1. The summed E-state index contributed by atoms with van der Waals surface area (Å²) in [7, 11) is 0. The molecule has 100 valence electrons. The van der Waals surface area contributed by atoms with Crippen LogP contribution in [0.3, 0.4) is 0 Å². The lowest BCUT2D eigenvalue weighted by atomic mass is 10.1. The second-order valence-electron chi connectivity index (χ2n) is 4.68. The Morgan fingerprint density at radius 2 is 1.94 bits per heavy atom. The maximum absolute atomic E-state index is 11.7. The molecule has 2 N–H and O–H groups in total. The molecule has 1 aliphatic carbocycles. The fraction of sp³-hybridized carbons (Fsp3) is 0.571. The standard InChI is InChI=1S/C14H22N2O2/c1-5-9(3)15-11-7-12(16-10(4)6-2)14(18)8-13(11)17/h7-10,15,17H,5-6H2,1-4H3. The van der Waals surface area contributed by atoms with Gasteiger partial charge in [-0.2, -0.15) is 0 Å². The topological polar surface area (TPSA) is 61.7 Å². The summed E-state index contributed by atoms with van der Waals surface area (Å²) in [6.45, 7) is 8.07. The van der Waals surface area contributed by atoms with Crippen LogP contribution in [0.5, 0.6) is 0 Å². The average molecular weight is 250 g/mol. The first-order valence-corrected chi connectivity index (χ1v) is 6.49. The molecule has 0 heterocycles. The molecule has 0 aromatic rings. The van der Waals surface area contributed by atoms with Crippen molar-refractivity contribution in [1.82, 2.24) is 5.32 Å². The molecule has 0 aromatic heterocycles. The molecule has 0 amide bonds. The van der Waals surface area contributed by atoms with Crippen molar-refractivity contribution in [2.45, 2.75) is 52.6 Å². The Balaban J connectivity index is 2.95. The van der Waals surface area contributed by atoms with Crippen LogP contribution in [0.1, 0.15) is 40.5 Å². The fourth-order valence-electron chi connectivity index (χ4n) is 1.47. The summed E-state index contributed by atoms with van der Waals surface area (Å²) >= 11 is 0. The molecule has 0 saturated carbocycles. The van der Waals surface area contributed by atoms with Crippen molar-refractivity contribution in [3.8, 4) is 0 Å². The summed E-state index contributed by atoms with van der Waals surface area (Å²) in [5, 5.41) is 12.9. The van der Waals surface area contributed by atoms with Gasteiger partial charge in [0.25, 0.3) is 0 Å². The number of hydrogen-bond donors (Lipinski definition) is 2. The third kappa shape index (κ3) is 3.72. The molecular weight excluding hydrogens is 228 g/mol. The molecule has 0 fully saturated rings. The van der Waals surface area contributed by atoms with E-state index in [1.165, 1.54) is 6.08 Å². The highest BCUT2D eigenvalue weighted by Gasteiger charge is 2.19. The van der Waals surface area contributed by atoms with Crippen molar-refractivity contribution in [2.24, 2.45) is 4.99 Å². The van der Waals surface area contributed by atoms with Crippen LogP contribution in [-0.4, -0.2) is 28.7 Å². The first-order chi connectivity index (χ1) is 8.47. The Bertz CT molecular complexity index is 408. The largest absolute Gasteiger partial charge is 0.506 e. The maximum Gasteiger partial charge on any atom is 0.207 e. The number of ketones is 1. The van der Waals surface area contributed by atoms with Gasteiger partial charge < -0.3 is 10.4 Å². The minimum Gasteiger partial charge on any atom is -0.506 e. The van der Waals surface area contributed by atoms with Crippen LogP contribution in [0, 0.1) is 0 Å². The fourth-order valence-corrected chi connectivity index (χ4v) is 1.47. The van der Waals surface area contributed by atoms with Gasteiger partial charge in [-0.25, -0.2) is 0 Å². The van der Waals surface area contributed by atoms with Crippen molar-refractivity contribution in [2.75, 3.05) is 0 Å². The molecule has 2 unspecified atom stereocenters. The first kappa shape index (κ1) is 14.5. The predicted octanol–water partition coefficient (Wildman–Crippen LogP) is 2.52. The normalized spacial score (nSPS) is 21.3. The number of aliphatic hydroxyl groups is 1. The number of allylic oxidation sites excluding steroid dienone is 2. The van der Waals surface area contributed by atoms with E-state index in [1.807, 2.05) is 20.8 Å². The Labute approximate surface area is 108 Å². The van der Waals surface area contributed by atoms with Gasteiger partial charge >= 0.3 is 0 Å². The van der Waals surface area contributed by atoms with Gasteiger partial charge in [-0.3, -0.25) is 9.79 Å². The van der Waals surface area contributed by atoms with Crippen LogP contribution in [0.25, 0.3) is 0 Å². The molecule has 0 radical (unpaired) electrons. The van der Waals surface area contributed by atoms with Gasteiger partial charge in [0.1, 0.15) is 11.5 Å². The van der Waals surface area contributed by atoms with E-state index in [0.29, 0.717) is 11.4 Å². The number of carbonyl (C=O) groups excluding carboxylic acids is 1. The third-order valence-corrected chi connectivity index (χ3v) is 3.04. The van der Waals surface area contributed by atoms with Crippen molar-refractivity contribution in [3.05, 3.63) is 23.6 Å². The maximum atomic E-state index is 11.7. The number of aliphatic imine (C=N–C) groups is 1. The lowest BCUT2D eigenvalue weighted by molar-refractivity contribution is -0.109. The second-order valence-corrected chi connectivity index (χ2v) is 4.68. The van der Waals surface area contributed by atoms with Crippen molar-refractivity contribution in [1.29, 1.82) is 0 Å². The van der Waals surface area contributed by atoms with Crippen molar-refractivity contribution in [3.63, 3.8) is 0 Å². The monoisotopic (exact) mass is 250 g/mol. The third-order valence-electron chi connectivity index (χ3n) is 3.04. The Morgan fingerprint density at radius 3 is 2.50 bits per heavy atom. The number of carbonyl (C=O) groups is 1. The van der Waals surface area contributed by atoms with Gasteiger partial charge in [-0.05, 0) is 32.8 Å². The zero-order chi connectivity index (χ0) is 13.7. The van der Waals surface area contributed by atoms with E-state index in [9.17, 15) is 9.90 Å². The van der Waals surface area contributed by atoms with Gasteiger partial charge in [0.15, 0.2) is 0 Å². The SMILES string of the molecule is CCC(C)N=C1C=C(NC(C)CC)C(O)=CC1=O. The predicted molar refractivity (Wildman–Crippen MR) is 73.9 cm³/mol. The summed E-state index contributed by atoms with van der Waals surface area (Å²) in [4.78, 5) is 16.1. The lowest BCUT2D eigenvalue weighted by Gasteiger charge is -2.19. The van der Waals surface area contributed by atoms with Gasteiger partial charge in [-0.15, -0.1) is 0 Å². The summed E-state index contributed by atoms with van der Waals surface area (Å²) in [6, 6.07) is 0.351. The Hall–Kier alpha value is -1.58. The Kier molecular flexibility index (Phi) is 5.13. The molecule has 0 saturated heterocycles. The van der Waals surface area contributed by atoms with Crippen LogP contribution < -0.4 is 5.32 Å². The first-order valence-electron chi connectivity index (χ1n) is 6.49. The molecular formula is C14H22N2O2. The number of rotatable bonds is 5. The van der Waals surface area contributed by atoms with E-state index in [-0.39, 0.29) is 23.6 Å². The highest BCUT2D eigenvalue weighted by molar-refractivity contribution is 6.49. The molecule has 0 spiro atoms. The molecule has 18 heavy (non-hydrogen) atoms. The summed E-state index contributed by atoms with van der Waals surface area (Å²) in [5.74, 6) is -0.245. The van der Waals surface area contributed by atoms with Gasteiger partial charge in [-0.1, -0.05) is 13.8 Å². The van der Waals surface area contributed by atoms with Gasteiger partial charge in [0.2, 0.25) is 5.78 Å². The minimum atomic E-state index is -0.234. The van der Waals surface area contributed by atoms with Crippen LogP contribution in [0.2, 0.25) is 0 Å². The van der Waals surface area contributed by atoms with Gasteiger partial charge in [0.05, 0.1) is 5.70 Å². The smallest absolute Gasteiger partial charge is 0.207 e. The van der Waals surface area contributed by atoms with E-state index >= 15 is 0 Å². The molecule has 0 aliphatic heterocycles. The summed E-state index contributed by atoms with van der Waals surface area (Å²) in [6.07, 6.45) is 4.69. The molecule has 1 aliphatic rings. The van der Waals surface area contributed by atoms with E-state index in [2.05, 4.69) is 17.2 Å². The van der Waals surface area contributed by atoms with E-state index in [1.54, 1.807) is 6.08 Å². The zero-order valence-corrected chi connectivity index (χ0v) is 11.5. The quantitative estimate of drug-likeness (QED) is 0.737. The molecule has 0 aromatic carbocycles. The molecule has 4 nitrogen and oxygen atoms in total. The number of hydrogen-bond acceptors (Lipinski definition) is 4. The highest BCUT2D eigenvalue weighted by Crippen LogP contribution is 2.13. The zero-order valence-electron chi connectivity index (χ0n) is 11.5. The number of nitrogens with one attached hydrogen (secondary N) is 1. The van der Waals surface area contributed by atoms with Crippen molar-refractivity contribution >= 4 is 11.5 Å². The van der Waals surface area contributed by atoms with E-state index in [4.69, 9.17) is 0 Å². The average Bonchev–Trinajstić information content (AvgIpc) is 2.34. The highest BCUT2D eigenvalue weighted by atomic mass is 16.3. The minimum absolute atomic E-state index is 0.0107. The molecule has 1 rings (SSSR count). The lowest BCUT2D eigenvalue weighted by Crippen LogP contribution is -2.29. The van der Waals surface area contributed by atoms with E-state index in [0.717, 1.165) is 12.8 Å². The summed E-state index contributed by atoms with van der Waals surface area (Å²) < 4.78 is 0. The van der Waals surface area contributed by atoms with E-state index < -0.39 is 0 Å². The van der Waals surface area contributed by atoms with Crippen molar-refractivity contribution < 1.29 is 9.90 Å². The van der Waals surface area contributed by atoms with Crippen LogP contribution in [0.15, 0.2) is 28.6 Å². The van der Waals surface area contributed by atoms with Crippen LogP contribution >= 0.6 is 0 Å². The van der Waals surface area contributed by atoms with Gasteiger partial charge in [0, 0.05) is 18.2 Å². The molecule has 4 heteroatoms. The number of aliphatic hydroxyl groups excluding tert-OH is 1. The molecule has 0 bridgehead atoms. The van der Waals surface area contributed by atoms with Crippen LogP contribution in [-0.2, 0) is 4.79 Å². The Morgan fingerprint density at radius 1 is 1.28 bits per heavy atom. The summed E-state index contributed by atoms with van der Waals surface area (Å²) in [5.41, 5.74) is 0.985. The molecule has 2 atom stereocenters. The van der Waals surface area contributed by atoms with Crippen LogP contribution in [0.4, 0.5) is 0 Å².